The molecule has 5 heterocycles. The first-order chi connectivity index (χ1) is 16.4. The molecule has 2 unspecified atom stereocenters. The predicted molar refractivity (Wildman–Crippen MR) is 138 cm³/mol. The summed E-state index contributed by atoms with van der Waals surface area (Å²) in [6, 6.07) is 6.17. The summed E-state index contributed by atoms with van der Waals surface area (Å²) in [4.78, 5) is 25.4. The summed E-state index contributed by atoms with van der Waals surface area (Å²) in [6.45, 7) is 6.25. The molecular formula is C24H25BN8S. The highest BCUT2D eigenvalue weighted by Crippen LogP contribution is 2.35. The van der Waals surface area contributed by atoms with Crippen molar-refractivity contribution < 1.29 is 0 Å². The summed E-state index contributed by atoms with van der Waals surface area (Å²) < 4.78 is 1.00. The molecule has 170 valence electrons. The van der Waals surface area contributed by atoms with Crippen molar-refractivity contribution in [3.8, 4) is 16.7 Å². The number of aromatic nitrogens is 5. The van der Waals surface area contributed by atoms with E-state index in [1.54, 1.807) is 23.7 Å². The lowest BCUT2D eigenvalue weighted by Crippen LogP contribution is -2.31. The number of rotatable bonds is 5. The van der Waals surface area contributed by atoms with Gasteiger partial charge in [-0.1, -0.05) is 13.0 Å². The second kappa shape index (κ2) is 8.99. The Morgan fingerprint density at radius 2 is 2.03 bits per heavy atom. The number of anilines is 3. The molecule has 8 nitrogen and oxygen atoms in total. The molecule has 0 spiro atoms. The van der Waals surface area contributed by atoms with Gasteiger partial charge in [-0.3, -0.25) is 9.97 Å². The minimum Gasteiger partial charge on any atom is -0.356 e. The predicted octanol–water partition coefficient (Wildman–Crippen LogP) is 5.06. The SMILES string of the molecule is Cc1cccnc1-c1nc2cc(Nc3cnc(C)c(N(C)C4CB(C#N)C(C)C4)n3)ncc2s1. The number of hydrogen-bond donors (Lipinski definition) is 1. The van der Waals surface area contributed by atoms with Crippen molar-refractivity contribution in [2.75, 3.05) is 17.3 Å². The van der Waals surface area contributed by atoms with Crippen molar-refractivity contribution in [1.82, 2.24) is 24.9 Å². The third-order valence-corrected chi connectivity index (χ3v) is 7.59. The van der Waals surface area contributed by atoms with Crippen molar-refractivity contribution in [3.63, 3.8) is 0 Å². The summed E-state index contributed by atoms with van der Waals surface area (Å²) in [5.41, 5.74) is 3.72. The Morgan fingerprint density at radius 3 is 2.79 bits per heavy atom. The number of hydrogen-bond acceptors (Lipinski definition) is 9. The lowest BCUT2D eigenvalue weighted by Gasteiger charge is -2.27. The first kappa shape index (κ1) is 22.2. The number of nitriles is 1. The zero-order valence-corrected chi connectivity index (χ0v) is 20.5. The van der Waals surface area contributed by atoms with E-state index in [-0.39, 0.29) is 12.8 Å². The van der Waals surface area contributed by atoms with Gasteiger partial charge in [0.25, 0.3) is 6.71 Å². The van der Waals surface area contributed by atoms with Crippen LogP contribution >= 0.6 is 11.3 Å². The molecule has 10 heteroatoms. The Kier molecular flexibility index (Phi) is 5.88. The third kappa shape index (κ3) is 4.19. The molecular weight excluding hydrogens is 443 g/mol. The maximum absolute atomic E-state index is 9.40. The first-order valence-corrected chi connectivity index (χ1v) is 12.2. The molecule has 1 fully saturated rings. The molecule has 1 saturated heterocycles. The highest BCUT2D eigenvalue weighted by Gasteiger charge is 2.37. The fourth-order valence-electron chi connectivity index (χ4n) is 4.56. The molecule has 0 saturated carbocycles. The fraction of sp³-hybridized carbons (Fsp3) is 0.333. The Morgan fingerprint density at radius 1 is 1.18 bits per heavy atom. The molecule has 4 aromatic rings. The number of fused-ring (bicyclic) bond motifs is 1. The van der Waals surface area contributed by atoms with Crippen molar-refractivity contribution in [3.05, 3.63) is 48.0 Å². The standard InChI is InChI=1S/C24H25BN8S/c1-14-6-5-7-27-22(14)24-30-18-9-20(29-11-19(18)34-24)31-21-12-28-16(3)23(32-21)33(4)17-8-15(2)25(10-17)13-26/h5-7,9,11-12,15,17H,8,10H2,1-4H3,(H,29,31,32). The van der Waals surface area contributed by atoms with E-state index in [1.807, 2.05) is 45.3 Å². The van der Waals surface area contributed by atoms with Crippen LogP contribution in [0.1, 0.15) is 24.6 Å². The van der Waals surface area contributed by atoms with Gasteiger partial charge in [-0.15, -0.1) is 11.3 Å². The van der Waals surface area contributed by atoms with Crippen LogP contribution in [0.2, 0.25) is 12.1 Å². The van der Waals surface area contributed by atoms with E-state index in [0.29, 0.717) is 17.5 Å². The van der Waals surface area contributed by atoms with Gasteiger partial charge >= 0.3 is 0 Å². The highest BCUT2D eigenvalue weighted by molar-refractivity contribution is 7.21. The summed E-state index contributed by atoms with van der Waals surface area (Å²) in [5, 5.41) is 13.6. The number of thiazole rings is 1. The largest absolute Gasteiger partial charge is 0.356 e. The zero-order chi connectivity index (χ0) is 23.8. The smallest absolute Gasteiger partial charge is 0.272 e. The molecule has 34 heavy (non-hydrogen) atoms. The number of nitrogens with one attached hydrogen (secondary N) is 1. The molecule has 1 aliphatic rings. The summed E-state index contributed by atoms with van der Waals surface area (Å²) in [7, 11) is 2.04. The second-order valence-corrected chi connectivity index (χ2v) is 9.99. The number of nitrogens with zero attached hydrogens (tertiary/aromatic N) is 7. The Bertz CT molecular complexity index is 1400. The van der Waals surface area contributed by atoms with Gasteiger partial charge < -0.3 is 10.2 Å². The van der Waals surface area contributed by atoms with E-state index in [1.165, 1.54) is 0 Å². The zero-order valence-electron chi connectivity index (χ0n) is 19.6. The third-order valence-electron chi connectivity index (χ3n) is 6.58. The number of aryl methyl sites for hydroxylation is 2. The number of pyridine rings is 2. The highest BCUT2D eigenvalue weighted by atomic mass is 32.1. The summed E-state index contributed by atoms with van der Waals surface area (Å²) in [5.74, 6) is 4.94. The van der Waals surface area contributed by atoms with Gasteiger partial charge in [-0.2, -0.15) is 0 Å². The Balaban J connectivity index is 1.39. The monoisotopic (exact) mass is 468 g/mol. The van der Waals surface area contributed by atoms with Crippen LogP contribution in [0.25, 0.3) is 20.9 Å². The topological polar surface area (TPSA) is 104 Å². The Hall–Kier alpha value is -3.58. The van der Waals surface area contributed by atoms with E-state index >= 15 is 0 Å². The molecule has 1 aliphatic heterocycles. The Labute approximate surface area is 203 Å². The van der Waals surface area contributed by atoms with Crippen molar-refractivity contribution in [1.29, 1.82) is 5.26 Å². The van der Waals surface area contributed by atoms with E-state index < -0.39 is 0 Å². The quantitative estimate of drug-likeness (QED) is 0.406. The van der Waals surface area contributed by atoms with Crippen molar-refractivity contribution >= 4 is 45.7 Å². The lowest BCUT2D eigenvalue weighted by atomic mass is 9.44. The van der Waals surface area contributed by atoms with Gasteiger partial charge in [0.1, 0.15) is 16.5 Å². The van der Waals surface area contributed by atoms with Gasteiger partial charge in [-0.25, -0.2) is 20.2 Å². The van der Waals surface area contributed by atoms with Crippen LogP contribution < -0.4 is 10.2 Å². The molecule has 2 atom stereocenters. The maximum atomic E-state index is 9.40. The average Bonchev–Trinajstić information content (AvgIpc) is 3.43. The van der Waals surface area contributed by atoms with Crippen LogP contribution in [0.4, 0.5) is 17.5 Å². The van der Waals surface area contributed by atoms with Crippen LogP contribution in [0.3, 0.4) is 0 Å². The van der Waals surface area contributed by atoms with Crippen molar-refractivity contribution in [2.45, 2.75) is 45.4 Å². The molecule has 0 aromatic carbocycles. The van der Waals surface area contributed by atoms with Gasteiger partial charge in [0.2, 0.25) is 0 Å². The van der Waals surface area contributed by atoms with Crippen LogP contribution in [-0.2, 0) is 0 Å². The van der Waals surface area contributed by atoms with Gasteiger partial charge in [0.15, 0.2) is 11.6 Å². The van der Waals surface area contributed by atoms with Gasteiger partial charge in [0.05, 0.1) is 22.1 Å². The van der Waals surface area contributed by atoms with Gasteiger partial charge in [-0.05, 0) is 44.0 Å². The van der Waals surface area contributed by atoms with Crippen LogP contribution in [0, 0.1) is 25.1 Å². The summed E-state index contributed by atoms with van der Waals surface area (Å²) >= 11 is 1.58. The van der Waals surface area contributed by atoms with E-state index in [2.05, 4.69) is 38.1 Å². The van der Waals surface area contributed by atoms with E-state index in [4.69, 9.17) is 9.97 Å². The minimum absolute atomic E-state index is 0.0934. The fourth-order valence-corrected chi connectivity index (χ4v) is 5.54. The maximum Gasteiger partial charge on any atom is 0.272 e. The van der Waals surface area contributed by atoms with Crippen LogP contribution in [-0.4, -0.2) is 44.7 Å². The molecule has 4 aromatic heterocycles. The molecule has 0 aliphatic carbocycles. The van der Waals surface area contributed by atoms with Crippen LogP contribution in [0.5, 0.6) is 0 Å². The molecule has 5 rings (SSSR count). The second-order valence-electron chi connectivity index (χ2n) is 8.96. The first-order valence-electron chi connectivity index (χ1n) is 11.3. The van der Waals surface area contributed by atoms with Gasteiger partial charge in [0, 0.05) is 37.5 Å². The van der Waals surface area contributed by atoms with E-state index in [9.17, 15) is 5.26 Å². The molecule has 0 bridgehead atoms. The molecule has 0 amide bonds. The normalized spacial score (nSPS) is 17.7. The van der Waals surface area contributed by atoms with Crippen LogP contribution in [0.15, 0.2) is 36.8 Å². The molecule has 1 N–H and O–H groups in total. The lowest BCUT2D eigenvalue weighted by molar-refractivity contribution is 0.644. The van der Waals surface area contributed by atoms with E-state index in [0.717, 1.165) is 50.7 Å². The average molecular weight is 468 g/mol. The van der Waals surface area contributed by atoms with Crippen molar-refractivity contribution in [2.24, 2.45) is 0 Å². The molecule has 0 radical (unpaired) electrons. The summed E-state index contributed by atoms with van der Waals surface area (Å²) in [6.07, 6.45) is 7.17. The minimum atomic E-state index is 0.0934.